The van der Waals surface area contributed by atoms with Crippen LogP contribution in [0.3, 0.4) is 0 Å². The van der Waals surface area contributed by atoms with Crippen LogP contribution in [0, 0.1) is 5.92 Å². The number of nitrogens with two attached hydrogens (primary N) is 1. The third-order valence-electron chi connectivity index (χ3n) is 2.77. The van der Waals surface area contributed by atoms with Crippen LogP contribution < -0.4 is 5.73 Å². The van der Waals surface area contributed by atoms with E-state index >= 15 is 0 Å². The molecule has 1 fully saturated rings. The Labute approximate surface area is 115 Å². The van der Waals surface area contributed by atoms with E-state index in [2.05, 4.69) is 15.9 Å². The lowest BCUT2D eigenvalue weighted by atomic mass is 10.0. The summed E-state index contributed by atoms with van der Waals surface area (Å²) in [6.07, 6.45) is 3.44. The molecule has 0 aliphatic heterocycles. The first kappa shape index (κ1) is 14.1. The minimum Gasteiger partial charge on any atom is -0.506 e. The largest absolute Gasteiger partial charge is 0.506 e. The van der Waals surface area contributed by atoms with Crippen LogP contribution >= 0.6 is 39.9 Å². The molecule has 1 saturated carbocycles. The molecule has 1 aromatic rings. The highest BCUT2D eigenvalue weighted by molar-refractivity contribution is 9.10. The highest BCUT2D eigenvalue weighted by Gasteiger charge is 2.27. The molecule has 5 heteroatoms. The Bertz CT molecular complexity index is 382. The molecular weight excluding hydrogens is 313 g/mol. The second-order valence-corrected chi connectivity index (χ2v) is 5.34. The molecule has 0 saturated heterocycles. The van der Waals surface area contributed by atoms with Crippen molar-refractivity contribution in [2.75, 3.05) is 0 Å². The summed E-state index contributed by atoms with van der Waals surface area (Å²) in [6, 6.07) is 3.35. The van der Waals surface area contributed by atoms with Gasteiger partial charge < -0.3 is 10.8 Å². The van der Waals surface area contributed by atoms with Crippen molar-refractivity contribution >= 4 is 39.9 Å². The standard InChI is InChI=1S/C11H13BrClNO.ClH/c12-7-3-4-8(13)11(15)10(7)9(14)5-6-1-2-6;/h3-4,6,9,15H,1-2,5,14H2;1H/t9-;/m0./s1. The Balaban J connectivity index is 0.00000128. The lowest BCUT2D eigenvalue weighted by molar-refractivity contribution is 0.455. The first-order valence-electron chi connectivity index (χ1n) is 5.02. The monoisotopic (exact) mass is 325 g/mol. The van der Waals surface area contributed by atoms with Gasteiger partial charge in [-0.25, -0.2) is 0 Å². The van der Waals surface area contributed by atoms with Gasteiger partial charge in [-0.3, -0.25) is 0 Å². The van der Waals surface area contributed by atoms with Crippen molar-refractivity contribution in [2.45, 2.75) is 25.3 Å². The highest BCUT2D eigenvalue weighted by atomic mass is 79.9. The number of hydrogen-bond acceptors (Lipinski definition) is 2. The molecule has 2 nitrogen and oxygen atoms in total. The lowest BCUT2D eigenvalue weighted by Gasteiger charge is -2.15. The number of halogens is 3. The highest BCUT2D eigenvalue weighted by Crippen LogP contribution is 2.42. The Kier molecular flexibility index (Phi) is 4.92. The predicted molar refractivity (Wildman–Crippen MR) is 72.3 cm³/mol. The number of hydrogen-bond donors (Lipinski definition) is 2. The average molecular weight is 327 g/mol. The second-order valence-electron chi connectivity index (χ2n) is 4.08. The van der Waals surface area contributed by atoms with Crippen molar-refractivity contribution in [3.63, 3.8) is 0 Å². The van der Waals surface area contributed by atoms with E-state index in [0.717, 1.165) is 22.4 Å². The van der Waals surface area contributed by atoms with E-state index in [0.29, 0.717) is 5.02 Å². The third kappa shape index (κ3) is 3.04. The minimum absolute atomic E-state index is 0. The second kappa shape index (κ2) is 5.58. The van der Waals surface area contributed by atoms with Gasteiger partial charge in [0.15, 0.2) is 0 Å². The third-order valence-corrected chi connectivity index (χ3v) is 3.77. The molecule has 1 aliphatic carbocycles. The SMILES string of the molecule is Cl.N[C@@H](CC1CC1)c1c(Br)ccc(Cl)c1O. The summed E-state index contributed by atoms with van der Waals surface area (Å²) in [5, 5.41) is 10.2. The molecule has 0 aromatic heterocycles. The van der Waals surface area contributed by atoms with Crippen molar-refractivity contribution in [1.82, 2.24) is 0 Å². The average Bonchev–Trinajstić information content (AvgIpc) is 2.96. The molecule has 0 unspecified atom stereocenters. The lowest BCUT2D eigenvalue weighted by Crippen LogP contribution is -2.12. The quantitative estimate of drug-likeness (QED) is 0.880. The van der Waals surface area contributed by atoms with Crippen LogP contribution in [-0.4, -0.2) is 5.11 Å². The molecule has 0 spiro atoms. The fourth-order valence-electron chi connectivity index (χ4n) is 1.74. The van der Waals surface area contributed by atoms with Gasteiger partial charge in [0, 0.05) is 16.1 Å². The Morgan fingerprint density at radius 3 is 2.69 bits per heavy atom. The molecule has 0 amide bonds. The number of rotatable bonds is 3. The zero-order chi connectivity index (χ0) is 11.0. The van der Waals surface area contributed by atoms with Crippen LogP contribution in [0.2, 0.25) is 5.02 Å². The maximum absolute atomic E-state index is 9.84. The van der Waals surface area contributed by atoms with Crippen molar-refractivity contribution in [2.24, 2.45) is 11.7 Å². The number of benzene rings is 1. The maximum Gasteiger partial charge on any atom is 0.140 e. The Hall–Kier alpha value is 0.0400. The maximum atomic E-state index is 9.84. The van der Waals surface area contributed by atoms with Crippen molar-refractivity contribution in [3.05, 3.63) is 27.2 Å². The van der Waals surface area contributed by atoms with Gasteiger partial charge in [0.2, 0.25) is 0 Å². The smallest absolute Gasteiger partial charge is 0.140 e. The number of phenols is 1. The summed E-state index contributed by atoms with van der Waals surface area (Å²) >= 11 is 9.25. The van der Waals surface area contributed by atoms with Gasteiger partial charge in [-0.1, -0.05) is 40.4 Å². The molecular formula is C11H14BrCl2NO. The Morgan fingerprint density at radius 2 is 2.12 bits per heavy atom. The van der Waals surface area contributed by atoms with Crippen LogP contribution in [0.4, 0.5) is 0 Å². The molecule has 0 bridgehead atoms. The molecule has 2 rings (SSSR count). The molecule has 1 aliphatic rings. The summed E-state index contributed by atoms with van der Waals surface area (Å²) in [5.41, 5.74) is 6.79. The van der Waals surface area contributed by atoms with E-state index in [9.17, 15) is 5.11 Å². The molecule has 3 N–H and O–H groups in total. The van der Waals surface area contributed by atoms with Gasteiger partial charge in [-0.05, 0) is 24.5 Å². The fourth-order valence-corrected chi connectivity index (χ4v) is 2.52. The first-order valence-corrected chi connectivity index (χ1v) is 6.19. The molecule has 90 valence electrons. The van der Waals surface area contributed by atoms with Gasteiger partial charge in [-0.2, -0.15) is 0 Å². The van der Waals surface area contributed by atoms with E-state index in [4.69, 9.17) is 17.3 Å². The van der Waals surface area contributed by atoms with Crippen LogP contribution in [0.1, 0.15) is 30.9 Å². The summed E-state index contributed by atoms with van der Waals surface area (Å²) < 4.78 is 0.831. The van der Waals surface area contributed by atoms with Crippen LogP contribution in [0.5, 0.6) is 5.75 Å². The van der Waals surface area contributed by atoms with Gasteiger partial charge in [0.05, 0.1) is 5.02 Å². The zero-order valence-corrected chi connectivity index (χ0v) is 11.8. The van der Waals surface area contributed by atoms with Crippen molar-refractivity contribution in [3.8, 4) is 5.75 Å². The first-order chi connectivity index (χ1) is 7.09. The van der Waals surface area contributed by atoms with Crippen molar-refractivity contribution in [1.29, 1.82) is 0 Å². The molecule has 1 aromatic carbocycles. The Morgan fingerprint density at radius 1 is 1.50 bits per heavy atom. The van der Waals surface area contributed by atoms with Crippen LogP contribution in [-0.2, 0) is 0 Å². The van der Waals surface area contributed by atoms with E-state index in [-0.39, 0.29) is 24.2 Å². The molecule has 16 heavy (non-hydrogen) atoms. The van der Waals surface area contributed by atoms with Crippen LogP contribution in [0.15, 0.2) is 16.6 Å². The molecule has 0 radical (unpaired) electrons. The fraction of sp³-hybridized carbons (Fsp3) is 0.455. The summed E-state index contributed by atoms with van der Waals surface area (Å²) in [4.78, 5) is 0. The molecule has 1 atom stereocenters. The van der Waals surface area contributed by atoms with E-state index in [1.165, 1.54) is 12.8 Å². The zero-order valence-electron chi connectivity index (χ0n) is 8.62. The normalized spacial score (nSPS) is 16.7. The van der Waals surface area contributed by atoms with E-state index in [1.807, 2.05) is 6.07 Å². The number of aromatic hydroxyl groups is 1. The summed E-state index contributed by atoms with van der Waals surface area (Å²) in [5.74, 6) is 0.837. The van der Waals surface area contributed by atoms with E-state index < -0.39 is 0 Å². The number of phenolic OH excluding ortho intramolecular Hbond substituents is 1. The van der Waals surface area contributed by atoms with Gasteiger partial charge in [-0.15, -0.1) is 12.4 Å². The van der Waals surface area contributed by atoms with Gasteiger partial charge >= 0.3 is 0 Å². The summed E-state index contributed by atoms with van der Waals surface area (Å²) in [7, 11) is 0. The minimum atomic E-state index is -0.134. The summed E-state index contributed by atoms with van der Waals surface area (Å²) in [6.45, 7) is 0. The van der Waals surface area contributed by atoms with E-state index in [1.54, 1.807) is 6.07 Å². The molecule has 0 heterocycles. The van der Waals surface area contributed by atoms with Crippen LogP contribution in [0.25, 0.3) is 0 Å². The van der Waals surface area contributed by atoms with Crippen molar-refractivity contribution < 1.29 is 5.11 Å². The predicted octanol–water partition coefficient (Wildman–Crippen LogP) is 4.03. The van der Waals surface area contributed by atoms with Gasteiger partial charge in [0.1, 0.15) is 5.75 Å². The topological polar surface area (TPSA) is 46.2 Å². The van der Waals surface area contributed by atoms with Gasteiger partial charge in [0.25, 0.3) is 0 Å².